The maximum absolute atomic E-state index is 15.4. The molecule has 1 N–H and O–H groups in total. The van der Waals surface area contributed by atoms with Crippen LogP contribution in [0, 0.1) is 11.6 Å². The molecule has 2 aliphatic rings. The van der Waals surface area contributed by atoms with Crippen molar-refractivity contribution in [3.05, 3.63) is 98.9 Å². The predicted molar refractivity (Wildman–Crippen MR) is 125 cm³/mol. The van der Waals surface area contributed by atoms with Gasteiger partial charge in [0, 0.05) is 23.7 Å². The van der Waals surface area contributed by atoms with Crippen molar-refractivity contribution in [2.24, 2.45) is 0 Å². The Balaban J connectivity index is 1.50. The molecule has 1 aliphatic heterocycles. The Morgan fingerprint density at radius 1 is 1.17 bits per heavy atom. The minimum atomic E-state index is -3.80. The zero-order valence-electron chi connectivity index (χ0n) is 19.3. The van der Waals surface area contributed by atoms with E-state index in [0.29, 0.717) is 24.8 Å². The lowest BCUT2D eigenvalue weighted by molar-refractivity contribution is 0.278. The molecule has 2 aromatic carbocycles. The number of sulfonamides is 1. The van der Waals surface area contributed by atoms with E-state index in [2.05, 4.69) is 10.2 Å². The van der Waals surface area contributed by atoms with Gasteiger partial charge in [0.1, 0.15) is 16.9 Å². The van der Waals surface area contributed by atoms with E-state index in [-0.39, 0.29) is 29.6 Å². The Kier molecular flexibility index (Phi) is 5.76. The number of halogens is 2. The van der Waals surface area contributed by atoms with Crippen molar-refractivity contribution < 1.29 is 21.6 Å². The van der Waals surface area contributed by atoms with Crippen LogP contribution in [-0.2, 0) is 22.0 Å². The van der Waals surface area contributed by atoms with Gasteiger partial charge in [-0.3, -0.25) is 0 Å². The number of allylic oxidation sites excluding steroid dienone is 2. The van der Waals surface area contributed by atoms with E-state index < -0.39 is 38.1 Å². The predicted octanol–water partition coefficient (Wildman–Crippen LogP) is 4.33. The van der Waals surface area contributed by atoms with Crippen LogP contribution in [0.2, 0.25) is 0 Å². The number of hydrogen-bond acceptors (Lipinski definition) is 5. The van der Waals surface area contributed by atoms with Gasteiger partial charge in [0.25, 0.3) is 0 Å². The third-order valence-corrected chi connectivity index (χ3v) is 9.38. The van der Waals surface area contributed by atoms with Crippen molar-refractivity contribution in [1.29, 1.82) is 0 Å². The number of nitrogens with one attached hydrogen (secondary N) is 1. The fourth-order valence-electron chi connectivity index (χ4n) is 5.25. The molecule has 0 amide bonds. The van der Waals surface area contributed by atoms with Crippen molar-refractivity contribution in [1.82, 2.24) is 14.5 Å². The largest absolute Gasteiger partial charge is 0.434 e. The zero-order chi connectivity index (χ0) is 25.0. The topological polar surface area (TPSA) is 96.3 Å². The number of aromatic amines is 1. The van der Waals surface area contributed by atoms with Crippen LogP contribution in [0.5, 0.6) is 0 Å². The lowest BCUT2D eigenvalue weighted by Crippen LogP contribution is -2.45. The Labute approximate surface area is 201 Å². The quantitative estimate of drug-likeness (QED) is 0.525. The Hall–Kier alpha value is -3.11. The monoisotopic (exact) mass is 501 g/mol. The lowest BCUT2D eigenvalue weighted by Gasteiger charge is -2.38. The second kappa shape index (κ2) is 8.53. The average Bonchev–Trinajstić information content (AvgIpc) is 3.23. The molecule has 0 saturated carbocycles. The molecule has 1 aliphatic carbocycles. The first-order chi connectivity index (χ1) is 16.6. The van der Waals surface area contributed by atoms with Crippen LogP contribution in [0.1, 0.15) is 60.9 Å². The Morgan fingerprint density at radius 3 is 2.51 bits per heavy atom. The summed E-state index contributed by atoms with van der Waals surface area (Å²) in [6.07, 6.45) is 3.06. The standard InChI is InChI=1S/C25H25F2N3O4S/c1-15-12-25(13-15,23-28-29-24(31)34-23)19-11-20(26)18(10-21(19)27)14-30-16(2)8-9-22(35(30,32)33)17-6-4-3-5-7-17/h3-7,10-12,16,22H,8-9,13-14H2,1-2H3,(H,29,31)/t16?,22?,25-/m1/s1. The van der Waals surface area contributed by atoms with E-state index in [4.69, 9.17) is 4.42 Å². The minimum Gasteiger partial charge on any atom is -0.391 e. The van der Waals surface area contributed by atoms with Crippen LogP contribution in [0.25, 0.3) is 0 Å². The van der Waals surface area contributed by atoms with Gasteiger partial charge >= 0.3 is 5.76 Å². The number of nitrogens with zero attached hydrogens (tertiary/aromatic N) is 2. The molecular weight excluding hydrogens is 476 g/mol. The van der Waals surface area contributed by atoms with Crippen LogP contribution in [0.4, 0.5) is 8.78 Å². The summed E-state index contributed by atoms with van der Waals surface area (Å²) < 4.78 is 64.1. The SMILES string of the molecule is CC1=C[C@](c2n[nH]c(=O)o2)(c2cc(F)c(CN3C(C)CCC(c4ccccc4)S3(=O)=O)cc2F)C1. The average molecular weight is 502 g/mol. The van der Waals surface area contributed by atoms with Crippen LogP contribution < -0.4 is 5.76 Å². The normalized spacial score (nSPS) is 26.2. The molecule has 1 aromatic heterocycles. The third-order valence-electron chi connectivity index (χ3n) is 7.01. The molecule has 0 spiro atoms. The summed E-state index contributed by atoms with van der Waals surface area (Å²) in [5.41, 5.74) is 0.321. The highest BCUT2D eigenvalue weighted by molar-refractivity contribution is 7.89. The smallest absolute Gasteiger partial charge is 0.391 e. The summed E-state index contributed by atoms with van der Waals surface area (Å²) in [5.74, 6) is -2.29. The fourth-order valence-corrected chi connectivity index (χ4v) is 7.44. The molecule has 2 unspecified atom stereocenters. The van der Waals surface area contributed by atoms with Gasteiger partial charge < -0.3 is 4.42 Å². The van der Waals surface area contributed by atoms with Gasteiger partial charge in [0.05, 0.1) is 5.41 Å². The maximum Gasteiger partial charge on any atom is 0.434 e. The molecule has 1 fully saturated rings. The Morgan fingerprint density at radius 2 is 1.89 bits per heavy atom. The summed E-state index contributed by atoms with van der Waals surface area (Å²) in [6, 6.07) is 10.7. The van der Waals surface area contributed by atoms with Crippen LogP contribution in [-0.4, -0.2) is 29.0 Å². The summed E-state index contributed by atoms with van der Waals surface area (Å²) in [7, 11) is -3.80. The molecule has 184 valence electrons. The Bertz CT molecular complexity index is 1470. The first-order valence-electron chi connectivity index (χ1n) is 11.4. The van der Waals surface area contributed by atoms with Gasteiger partial charge in [0.15, 0.2) is 0 Å². The first kappa shape index (κ1) is 23.6. The van der Waals surface area contributed by atoms with E-state index >= 15 is 8.78 Å². The van der Waals surface area contributed by atoms with Crippen molar-refractivity contribution in [2.75, 3.05) is 0 Å². The van der Waals surface area contributed by atoms with Gasteiger partial charge in [-0.1, -0.05) is 42.0 Å². The van der Waals surface area contributed by atoms with Gasteiger partial charge in [-0.15, -0.1) is 5.10 Å². The van der Waals surface area contributed by atoms with Crippen LogP contribution >= 0.6 is 0 Å². The zero-order valence-corrected chi connectivity index (χ0v) is 20.1. The van der Waals surface area contributed by atoms with Crippen LogP contribution in [0.3, 0.4) is 0 Å². The number of benzene rings is 2. The fraction of sp³-hybridized carbons (Fsp3) is 0.360. The molecule has 10 heteroatoms. The highest BCUT2D eigenvalue weighted by atomic mass is 32.2. The molecule has 7 nitrogen and oxygen atoms in total. The molecule has 5 rings (SSSR count). The molecule has 2 heterocycles. The van der Waals surface area contributed by atoms with Crippen molar-refractivity contribution >= 4 is 10.0 Å². The van der Waals surface area contributed by atoms with E-state index in [1.807, 2.05) is 13.0 Å². The van der Waals surface area contributed by atoms with Crippen molar-refractivity contribution in [2.45, 2.75) is 56.4 Å². The highest BCUT2D eigenvalue weighted by Crippen LogP contribution is 2.47. The lowest BCUT2D eigenvalue weighted by atomic mass is 9.66. The highest BCUT2D eigenvalue weighted by Gasteiger charge is 2.46. The molecule has 3 atom stereocenters. The summed E-state index contributed by atoms with van der Waals surface area (Å²) in [6.45, 7) is 3.32. The van der Waals surface area contributed by atoms with Gasteiger partial charge in [-0.25, -0.2) is 27.1 Å². The minimum absolute atomic E-state index is 0.0173. The van der Waals surface area contributed by atoms with Crippen LogP contribution in [0.15, 0.2) is 63.3 Å². The first-order valence-corrected chi connectivity index (χ1v) is 12.9. The number of hydrogen-bond donors (Lipinski definition) is 1. The molecule has 3 aromatic rings. The van der Waals surface area contributed by atoms with E-state index in [1.165, 1.54) is 4.31 Å². The van der Waals surface area contributed by atoms with Gasteiger partial charge in [-0.2, -0.15) is 4.31 Å². The van der Waals surface area contributed by atoms with Crippen molar-refractivity contribution in [3.8, 4) is 0 Å². The second-order valence-corrected chi connectivity index (χ2v) is 11.5. The van der Waals surface area contributed by atoms with Crippen molar-refractivity contribution in [3.63, 3.8) is 0 Å². The van der Waals surface area contributed by atoms with E-state index in [9.17, 15) is 13.2 Å². The van der Waals surface area contributed by atoms with E-state index in [1.54, 1.807) is 37.3 Å². The van der Waals surface area contributed by atoms with E-state index in [0.717, 1.165) is 17.7 Å². The summed E-state index contributed by atoms with van der Waals surface area (Å²) in [5, 5.41) is 5.28. The molecule has 35 heavy (non-hydrogen) atoms. The number of aromatic nitrogens is 2. The van der Waals surface area contributed by atoms with Gasteiger partial charge in [-0.05, 0) is 50.8 Å². The molecule has 0 radical (unpaired) electrons. The summed E-state index contributed by atoms with van der Waals surface area (Å²) >= 11 is 0. The van der Waals surface area contributed by atoms with Gasteiger partial charge in [0.2, 0.25) is 15.9 Å². The third kappa shape index (κ3) is 3.94. The maximum atomic E-state index is 15.4. The second-order valence-electron chi connectivity index (χ2n) is 9.40. The number of H-pyrrole nitrogens is 1. The molecular formula is C25H25F2N3O4S. The molecule has 1 saturated heterocycles. The molecule has 0 bridgehead atoms. The summed E-state index contributed by atoms with van der Waals surface area (Å²) in [4.78, 5) is 11.5. The number of rotatable bonds is 5.